The van der Waals surface area contributed by atoms with Crippen molar-refractivity contribution in [2.75, 3.05) is 0 Å². The van der Waals surface area contributed by atoms with E-state index < -0.39 is 11.6 Å². The number of hydrogen-bond donors (Lipinski definition) is 1. The monoisotopic (exact) mass is 239 g/mol. The Bertz CT molecular complexity index is 388. The molecule has 1 aromatic carbocycles. The summed E-state index contributed by atoms with van der Waals surface area (Å²) < 4.78 is 26.6. The molecule has 3 heteroatoms. The van der Waals surface area contributed by atoms with Gasteiger partial charge in [-0.3, -0.25) is 0 Å². The SMILES string of the molecule is CC(Cc1cccc(F)c1F)C(C)NC1CC1. The predicted molar refractivity (Wildman–Crippen MR) is 64.8 cm³/mol. The molecule has 94 valence electrons. The lowest BCUT2D eigenvalue weighted by Gasteiger charge is -2.21. The van der Waals surface area contributed by atoms with Crippen LogP contribution in [0.3, 0.4) is 0 Å². The van der Waals surface area contributed by atoms with Crippen LogP contribution in [0.4, 0.5) is 8.78 Å². The largest absolute Gasteiger partial charge is 0.311 e. The maximum absolute atomic E-state index is 13.5. The van der Waals surface area contributed by atoms with E-state index in [2.05, 4.69) is 19.2 Å². The Labute approximate surface area is 101 Å². The van der Waals surface area contributed by atoms with Gasteiger partial charge in [0.05, 0.1) is 0 Å². The summed E-state index contributed by atoms with van der Waals surface area (Å²) in [5.74, 6) is -1.15. The Kier molecular flexibility index (Phi) is 3.77. The standard InChI is InChI=1S/C14H19F2N/c1-9(10(2)17-12-6-7-12)8-11-4-3-5-13(15)14(11)16/h3-5,9-10,12,17H,6-8H2,1-2H3. The van der Waals surface area contributed by atoms with E-state index >= 15 is 0 Å². The Hall–Kier alpha value is -0.960. The Morgan fingerprint density at radius 3 is 2.65 bits per heavy atom. The molecule has 1 aromatic rings. The van der Waals surface area contributed by atoms with E-state index in [-0.39, 0.29) is 0 Å². The third-order valence-electron chi connectivity index (χ3n) is 3.50. The molecule has 0 saturated heterocycles. The highest BCUT2D eigenvalue weighted by molar-refractivity contribution is 5.19. The number of nitrogens with one attached hydrogen (secondary N) is 1. The van der Waals surface area contributed by atoms with Crippen LogP contribution in [0.25, 0.3) is 0 Å². The molecule has 1 saturated carbocycles. The highest BCUT2D eigenvalue weighted by Crippen LogP contribution is 2.23. The van der Waals surface area contributed by atoms with Gasteiger partial charge < -0.3 is 5.32 Å². The van der Waals surface area contributed by atoms with Crippen molar-refractivity contribution >= 4 is 0 Å². The fourth-order valence-corrected chi connectivity index (χ4v) is 2.02. The minimum absolute atomic E-state index is 0.298. The van der Waals surface area contributed by atoms with Gasteiger partial charge in [-0.1, -0.05) is 19.1 Å². The normalized spacial score (nSPS) is 19.1. The molecule has 0 radical (unpaired) electrons. The van der Waals surface area contributed by atoms with Gasteiger partial charge in [-0.25, -0.2) is 8.78 Å². The quantitative estimate of drug-likeness (QED) is 0.831. The molecular formula is C14H19F2N. The highest BCUT2D eigenvalue weighted by atomic mass is 19.2. The number of rotatable bonds is 5. The first-order chi connectivity index (χ1) is 8.08. The summed E-state index contributed by atoms with van der Waals surface area (Å²) in [5, 5.41) is 3.49. The predicted octanol–water partition coefficient (Wildman–Crippen LogP) is 3.28. The molecule has 0 heterocycles. The summed E-state index contributed by atoms with van der Waals surface area (Å²) in [6.45, 7) is 4.19. The first kappa shape index (κ1) is 12.5. The average Bonchev–Trinajstić information content (AvgIpc) is 3.08. The molecule has 1 aliphatic carbocycles. The summed E-state index contributed by atoms with van der Waals surface area (Å²) >= 11 is 0. The van der Waals surface area contributed by atoms with Gasteiger partial charge in [-0.2, -0.15) is 0 Å². The van der Waals surface area contributed by atoms with E-state index in [0.29, 0.717) is 30.0 Å². The molecular weight excluding hydrogens is 220 g/mol. The van der Waals surface area contributed by atoms with Crippen molar-refractivity contribution in [2.45, 2.75) is 45.2 Å². The second kappa shape index (κ2) is 5.13. The van der Waals surface area contributed by atoms with Gasteiger partial charge >= 0.3 is 0 Å². The third kappa shape index (κ3) is 3.25. The van der Waals surface area contributed by atoms with Gasteiger partial charge in [0, 0.05) is 12.1 Å². The first-order valence-corrected chi connectivity index (χ1v) is 6.27. The first-order valence-electron chi connectivity index (χ1n) is 6.27. The van der Waals surface area contributed by atoms with Crippen LogP contribution in [-0.4, -0.2) is 12.1 Å². The van der Waals surface area contributed by atoms with Gasteiger partial charge in [0.15, 0.2) is 11.6 Å². The maximum Gasteiger partial charge on any atom is 0.162 e. The van der Waals surface area contributed by atoms with Crippen LogP contribution >= 0.6 is 0 Å². The summed E-state index contributed by atoms with van der Waals surface area (Å²) in [4.78, 5) is 0. The lowest BCUT2D eigenvalue weighted by atomic mass is 9.94. The number of halogens is 2. The van der Waals surface area contributed by atoms with E-state index in [4.69, 9.17) is 0 Å². The smallest absolute Gasteiger partial charge is 0.162 e. The van der Waals surface area contributed by atoms with Gasteiger partial charge in [-0.15, -0.1) is 0 Å². The van der Waals surface area contributed by atoms with Gasteiger partial charge in [0.1, 0.15) is 0 Å². The Balaban J connectivity index is 1.96. The van der Waals surface area contributed by atoms with Gasteiger partial charge in [0.25, 0.3) is 0 Å². The van der Waals surface area contributed by atoms with Crippen LogP contribution in [0.5, 0.6) is 0 Å². The molecule has 1 N–H and O–H groups in total. The molecule has 1 nitrogen and oxygen atoms in total. The molecule has 0 aliphatic heterocycles. The average molecular weight is 239 g/mol. The van der Waals surface area contributed by atoms with Crippen molar-refractivity contribution in [2.24, 2.45) is 5.92 Å². The topological polar surface area (TPSA) is 12.0 Å². The van der Waals surface area contributed by atoms with Gasteiger partial charge in [0.2, 0.25) is 0 Å². The van der Waals surface area contributed by atoms with Crippen molar-refractivity contribution < 1.29 is 8.78 Å². The molecule has 17 heavy (non-hydrogen) atoms. The minimum atomic E-state index is -0.752. The summed E-state index contributed by atoms with van der Waals surface area (Å²) in [7, 11) is 0. The van der Waals surface area contributed by atoms with Crippen LogP contribution in [0, 0.1) is 17.6 Å². The van der Waals surface area contributed by atoms with Crippen molar-refractivity contribution in [3.8, 4) is 0 Å². The Morgan fingerprint density at radius 2 is 2.00 bits per heavy atom. The second-order valence-electron chi connectivity index (χ2n) is 5.12. The van der Waals surface area contributed by atoms with Gasteiger partial charge in [-0.05, 0) is 43.7 Å². The van der Waals surface area contributed by atoms with E-state index in [1.165, 1.54) is 12.8 Å². The molecule has 0 spiro atoms. The number of benzene rings is 1. The maximum atomic E-state index is 13.5. The molecule has 1 fully saturated rings. The lowest BCUT2D eigenvalue weighted by molar-refractivity contribution is 0.388. The fraction of sp³-hybridized carbons (Fsp3) is 0.571. The van der Waals surface area contributed by atoms with E-state index in [1.807, 2.05) is 0 Å². The molecule has 0 bridgehead atoms. The molecule has 1 aliphatic rings. The minimum Gasteiger partial charge on any atom is -0.311 e. The highest BCUT2D eigenvalue weighted by Gasteiger charge is 2.25. The number of hydrogen-bond acceptors (Lipinski definition) is 1. The molecule has 2 unspecified atom stereocenters. The third-order valence-corrected chi connectivity index (χ3v) is 3.50. The molecule has 2 rings (SSSR count). The Morgan fingerprint density at radius 1 is 1.29 bits per heavy atom. The summed E-state index contributed by atoms with van der Waals surface area (Å²) in [6, 6.07) is 5.38. The van der Waals surface area contributed by atoms with Crippen LogP contribution < -0.4 is 5.32 Å². The van der Waals surface area contributed by atoms with E-state index in [9.17, 15) is 8.78 Å². The van der Waals surface area contributed by atoms with Crippen LogP contribution in [0.1, 0.15) is 32.3 Å². The van der Waals surface area contributed by atoms with Crippen LogP contribution in [-0.2, 0) is 6.42 Å². The lowest BCUT2D eigenvalue weighted by Crippen LogP contribution is -2.34. The van der Waals surface area contributed by atoms with Crippen molar-refractivity contribution in [1.82, 2.24) is 5.32 Å². The molecule has 2 atom stereocenters. The van der Waals surface area contributed by atoms with Crippen molar-refractivity contribution in [3.63, 3.8) is 0 Å². The fourth-order valence-electron chi connectivity index (χ4n) is 2.02. The zero-order valence-corrected chi connectivity index (χ0v) is 10.3. The summed E-state index contributed by atoms with van der Waals surface area (Å²) in [6.07, 6.45) is 3.06. The zero-order chi connectivity index (χ0) is 12.4. The van der Waals surface area contributed by atoms with Crippen molar-refractivity contribution in [3.05, 3.63) is 35.4 Å². The summed E-state index contributed by atoms with van der Waals surface area (Å²) in [5.41, 5.74) is 0.474. The second-order valence-corrected chi connectivity index (χ2v) is 5.12. The van der Waals surface area contributed by atoms with Crippen molar-refractivity contribution in [1.29, 1.82) is 0 Å². The van der Waals surface area contributed by atoms with E-state index in [1.54, 1.807) is 12.1 Å². The van der Waals surface area contributed by atoms with Crippen LogP contribution in [0.15, 0.2) is 18.2 Å². The van der Waals surface area contributed by atoms with E-state index in [0.717, 1.165) is 6.07 Å². The van der Waals surface area contributed by atoms with Crippen LogP contribution in [0.2, 0.25) is 0 Å². The zero-order valence-electron chi connectivity index (χ0n) is 10.3. The molecule has 0 amide bonds. The molecule has 0 aromatic heterocycles.